The maximum atomic E-state index is 11.7. The molecule has 1 aromatic heterocycles. The van der Waals surface area contributed by atoms with Gasteiger partial charge < -0.3 is 4.90 Å². The molecule has 0 aliphatic heterocycles. The molecular formula is C13H11ClN4O. The second-order valence-corrected chi connectivity index (χ2v) is 4.53. The minimum absolute atomic E-state index is 0.177. The second-order valence-electron chi connectivity index (χ2n) is 4.12. The molecule has 1 heterocycles. The molecule has 0 fully saturated rings. The SMILES string of the molecule is CN(C)C(=O)c1ccn(-c2ccc(C#N)cc2Cl)n1. The number of aromatic nitrogens is 2. The van der Waals surface area contributed by atoms with Crippen LogP contribution in [-0.2, 0) is 0 Å². The van der Waals surface area contributed by atoms with Gasteiger partial charge in [0.2, 0.25) is 0 Å². The van der Waals surface area contributed by atoms with E-state index in [0.29, 0.717) is 22.0 Å². The third-order valence-electron chi connectivity index (χ3n) is 2.54. The van der Waals surface area contributed by atoms with E-state index in [9.17, 15) is 4.79 Å². The summed E-state index contributed by atoms with van der Waals surface area (Å²) >= 11 is 6.09. The Hall–Kier alpha value is -2.32. The Bertz CT molecular complexity index is 670. The Morgan fingerprint density at radius 2 is 2.16 bits per heavy atom. The molecule has 0 spiro atoms. The summed E-state index contributed by atoms with van der Waals surface area (Å²) in [5.41, 5.74) is 1.44. The van der Waals surface area contributed by atoms with Gasteiger partial charge >= 0.3 is 0 Å². The van der Waals surface area contributed by atoms with Crippen molar-refractivity contribution >= 4 is 17.5 Å². The van der Waals surface area contributed by atoms with Crippen molar-refractivity contribution in [2.45, 2.75) is 0 Å². The van der Waals surface area contributed by atoms with Crippen molar-refractivity contribution in [3.63, 3.8) is 0 Å². The van der Waals surface area contributed by atoms with Gasteiger partial charge in [-0.2, -0.15) is 10.4 Å². The maximum Gasteiger partial charge on any atom is 0.273 e. The van der Waals surface area contributed by atoms with Crippen molar-refractivity contribution in [1.82, 2.24) is 14.7 Å². The average molecular weight is 275 g/mol. The first-order chi connectivity index (χ1) is 9.02. The van der Waals surface area contributed by atoms with E-state index in [2.05, 4.69) is 5.10 Å². The average Bonchev–Trinajstić information content (AvgIpc) is 2.86. The summed E-state index contributed by atoms with van der Waals surface area (Å²) in [6, 6.07) is 8.53. The Labute approximate surface area is 115 Å². The number of hydrogen-bond donors (Lipinski definition) is 0. The maximum absolute atomic E-state index is 11.7. The first-order valence-corrected chi connectivity index (χ1v) is 5.88. The number of carbonyl (C=O) groups excluding carboxylic acids is 1. The number of nitriles is 1. The number of amides is 1. The normalized spacial score (nSPS) is 10.0. The van der Waals surface area contributed by atoms with Crippen molar-refractivity contribution in [2.24, 2.45) is 0 Å². The van der Waals surface area contributed by atoms with Crippen molar-refractivity contribution in [1.29, 1.82) is 5.26 Å². The van der Waals surface area contributed by atoms with Crippen molar-refractivity contribution < 1.29 is 4.79 Å². The van der Waals surface area contributed by atoms with Crippen LogP contribution in [0.2, 0.25) is 5.02 Å². The van der Waals surface area contributed by atoms with E-state index in [0.717, 1.165) is 0 Å². The smallest absolute Gasteiger partial charge is 0.273 e. The van der Waals surface area contributed by atoms with E-state index in [-0.39, 0.29) is 5.91 Å². The lowest BCUT2D eigenvalue weighted by Crippen LogP contribution is -2.22. The number of halogens is 1. The van der Waals surface area contributed by atoms with Crippen molar-refractivity contribution in [3.8, 4) is 11.8 Å². The molecule has 0 saturated carbocycles. The molecule has 0 aliphatic carbocycles. The first kappa shape index (κ1) is 13.1. The highest BCUT2D eigenvalue weighted by Gasteiger charge is 2.13. The Morgan fingerprint density at radius 3 is 2.74 bits per heavy atom. The minimum atomic E-state index is -0.177. The summed E-state index contributed by atoms with van der Waals surface area (Å²) in [4.78, 5) is 13.2. The molecule has 0 radical (unpaired) electrons. The van der Waals surface area contributed by atoms with Gasteiger partial charge in [-0.25, -0.2) is 4.68 Å². The summed E-state index contributed by atoms with van der Waals surface area (Å²) in [6.07, 6.45) is 1.66. The molecule has 1 amide bonds. The Balaban J connectivity index is 2.39. The van der Waals surface area contributed by atoms with Crippen LogP contribution in [0.1, 0.15) is 16.1 Å². The third-order valence-corrected chi connectivity index (χ3v) is 2.84. The number of nitrogens with zero attached hydrogens (tertiary/aromatic N) is 4. The van der Waals surface area contributed by atoms with Crippen LogP contribution in [0.4, 0.5) is 0 Å². The topological polar surface area (TPSA) is 61.9 Å². The number of benzene rings is 1. The van der Waals surface area contributed by atoms with Crippen LogP contribution >= 0.6 is 11.6 Å². The number of carbonyl (C=O) groups is 1. The summed E-state index contributed by atoms with van der Waals surface area (Å²) < 4.78 is 1.51. The predicted molar refractivity (Wildman–Crippen MR) is 71.3 cm³/mol. The van der Waals surface area contributed by atoms with Gasteiger partial charge in [-0.05, 0) is 24.3 Å². The molecule has 1 aromatic carbocycles. The fourth-order valence-corrected chi connectivity index (χ4v) is 1.83. The van der Waals surface area contributed by atoms with Crippen LogP contribution in [0, 0.1) is 11.3 Å². The molecule has 0 atom stereocenters. The van der Waals surface area contributed by atoms with Crippen LogP contribution in [0.15, 0.2) is 30.5 Å². The zero-order chi connectivity index (χ0) is 14.0. The second kappa shape index (κ2) is 5.12. The van der Waals surface area contributed by atoms with Crippen molar-refractivity contribution in [2.75, 3.05) is 14.1 Å². The first-order valence-electron chi connectivity index (χ1n) is 5.50. The number of rotatable bonds is 2. The molecule has 19 heavy (non-hydrogen) atoms. The zero-order valence-electron chi connectivity index (χ0n) is 10.5. The van der Waals surface area contributed by atoms with Gasteiger partial charge in [-0.1, -0.05) is 11.6 Å². The van der Waals surface area contributed by atoms with Crippen LogP contribution in [0.5, 0.6) is 0 Å². The third kappa shape index (κ3) is 2.59. The molecule has 0 aliphatic rings. The van der Waals surface area contributed by atoms with Crippen LogP contribution in [0.3, 0.4) is 0 Å². The Morgan fingerprint density at radius 1 is 1.42 bits per heavy atom. The van der Waals surface area contributed by atoms with Gasteiger partial charge in [0.15, 0.2) is 5.69 Å². The van der Waals surface area contributed by atoms with E-state index < -0.39 is 0 Å². The molecule has 2 aromatic rings. The lowest BCUT2D eigenvalue weighted by molar-refractivity contribution is 0.0821. The van der Waals surface area contributed by atoms with Crippen LogP contribution in [-0.4, -0.2) is 34.7 Å². The molecule has 0 bridgehead atoms. The largest absolute Gasteiger partial charge is 0.343 e. The van der Waals surface area contributed by atoms with Gasteiger partial charge in [0.05, 0.1) is 22.3 Å². The van der Waals surface area contributed by atoms with Gasteiger partial charge in [-0.3, -0.25) is 4.79 Å². The fraction of sp³-hybridized carbons (Fsp3) is 0.154. The van der Waals surface area contributed by atoms with Gasteiger partial charge in [-0.15, -0.1) is 0 Å². The zero-order valence-corrected chi connectivity index (χ0v) is 11.2. The molecular weight excluding hydrogens is 264 g/mol. The molecule has 2 rings (SSSR count). The van der Waals surface area contributed by atoms with E-state index >= 15 is 0 Å². The van der Waals surface area contributed by atoms with Gasteiger partial charge in [0, 0.05) is 20.3 Å². The van der Waals surface area contributed by atoms with E-state index in [4.69, 9.17) is 16.9 Å². The van der Waals surface area contributed by atoms with Gasteiger partial charge in [0.1, 0.15) is 0 Å². The monoisotopic (exact) mass is 274 g/mol. The van der Waals surface area contributed by atoms with Crippen molar-refractivity contribution in [3.05, 3.63) is 46.7 Å². The quantitative estimate of drug-likeness (QED) is 0.842. The molecule has 0 N–H and O–H groups in total. The van der Waals surface area contributed by atoms with Gasteiger partial charge in [0.25, 0.3) is 5.91 Å². The lowest BCUT2D eigenvalue weighted by atomic mass is 10.2. The fourth-order valence-electron chi connectivity index (χ4n) is 1.56. The molecule has 0 unspecified atom stereocenters. The minimum Gasteiger partial charge on any atom is -0.343 e. The highest BCUT2D eigenvalue weighted by atomic mass is 35.5. The van der Waals surface area contributed by atoms with Crippen LogP contribution in [0.25, 0.3) is 5.69 Å². The van der Waals surface area contributed by atoms with Crippen LogP contribution < -0.4 is 0 Å². The summed E-state index contributed by atoms with van der Waals surface area (Å²) in [5.74, 6) is -0.177. The summed E-state index contributed by atoms with van der Waals surface area (Å²) in [6.45, 7) is 0. The molecule has 96 valence electrons. The Kier molecular flexibility index (Phi) is 3.54. The summed E-state index contributed by atoms with van der Waals surface area (Å²) in [7, 11) is 3.33. The summed E-state index contributed by atoms with van der Waals surface area (Å²) in [5, 5.41) is 13.4. The van der Waals surface area contributed by atoms with E-state index in [1.165, 1.54) is 9.58 Å². The number of hydrogen-bond acceptors (Lipinski definition) is 3. The molecule has 6 heteroatoms. The highest BCUT2D eigenvalue weighted by molar-refractivity contribution is 6.32. The molecule has 0 saturated heterocycles. The lowest BCUT2D eigenvalue weighted by Gasteiger charge is -2.07. The van der Waals surface area contributed by atoms with E-state index in [1.54, 1.807) is 44.6 Å². The standard InChI is InChI=1S/C13H11ClN4O/c1-17(2)13(19)11-5-6-18(16-11)12-4-3-9(8-15)7-10(12)14/h3-7H,1-2H3. The van der Waals surface area contributed by atoms with E-state index in [1.807, 2.05) is 6.07 Å². The highest BCUT2D eigenvalue weighted by Crippen LogP contribution is 2.21. The predicted octanol–water partition coefficient (Wildman–Crippen LogP) is 2.10. The molecule has 5 nitrogen and oxygen atoms in total.